The van der Waals surface area contributed by atoms with Crippen LogP contribution in [0, 0.1) is 18.2 Å². The minimum atomic E-state index is -0.244. The first kappa shape index (κ1) is 21.3. The lowest BCUT2D eigenvalue weighted by Gasteiger charge is -2.36. The summed E-state index contributed by atoms with van der Waals surface area (Å²) in [6.07, 6.45) is 1.89. The lowest BCUT2D eigenvalue weighted by Crippen LogP contribution is -2.35. The van der Waals surface area contributed by atoms with Crippen molar-refractivity contribution >= 4 is 10.9 Å². The van der Waals surface area contributed by atoms with Crippen LogP contribution >= 0.6 is 0 Å². The molecule has 4 rings (SSSR count). The van der Waals surface area contributed by atoms with Gasteiger partial charge < -0.3 is 5.32 Å². The molecule has 0 fully saturated rings. The second kappa shape index (κ2) is 8.64. The zero-order valence-electron chi connectivity index (χ0n) is 18.7. The lowest BCUT2D eigenvalue weighted by molar-refractivity contribution is 0.302. The first-order valence-electron chi connectivity index (χ1n) is 10.9. The van der Waals surface area contributed by atoms with E-state index in [-0.39, 0.29) is 17.2 Å². The Morgan fingerprint density at radius 2 is 1.65 bits per heavy atom. The molecule has 0 aliphatic heterocycles. The predicted octanol–water partition coefficient (Wildman–Crippen LogP) is 6.24. The molecule has 0 saturated carbocycles. The predicted molar refractivity (Wildman–Crippen MR) is 126 cm³/mol. The smallest absolute Gasteiger partial charge is 0.123 e. The highest BCUT2D eigenvalue weighted by Crippen LogP contribution is 2.41. The number of nitrogens with one attached hydrogen (secondary N) is 1. The minimum Gasteiger partial charge on any atom is -0.316 e. The van der Waals surface area contributed by atoms with Crippen molar-refractivity contribution in [2.45, 2.75) is 33.6 Å². The first-order chi connectivity index (χ1) is 14.9. The van der Waals surface area contributed by atoms with Crippen LogP contribution in [0.1, 0.15) is 43.4 Å². The van der Waals surface area contributed by atoms with Crippen molar-refractivity contribution in [3.8, 4) is 5.69 Å². The van der Waals surface area contributed by atoms with Crippen LogP contribution in [-0.4, -0.2) is 22.9 Å². The quantitative estimate of drug-likeness (QED) is 0.387. The molecule has 0 radical (unpaired) electrons. The van der Waals surface area contributed by atoms with Crippen LogP contribution < -0.4 is 5.32 Å². The number of fused-ring (bicyclic) bond motifs is 1. The van der Waals surface area contributed by atoms with Crippen molar-refractivity contribution in [3.05, 3.63) is 95.4 Å². The van der Waals surface area contributed by atoms with Gasteiger partial charge in [0.2, 0.25) is 0 Å². The molecule has 4 heteroatoms. The second-order valence-corrected chi connectivity index (χ2v) is 8.96. The Bertz CT molecular complexity index is 1160. The van der Waals surface area contributed by atoms with Gasteiger partial charge in [-0.3, -0.25) is 0 Å². The molecule has 1 N–H and O–H groups in total. The monoisotopic (exact) mass is 415 g/mol. The van der Waals surface area contributed by atoms with E-state index < -0.39 is 0 Å². The number of nitrogens with zero attached hydrogens (tertiary/aromatic N) is 2. The first-order valence-corrected chi connectivity index (χ1v) is 10.9. The van der Waals surface area contributed by atoms with Gasteiger partial charge >= 0.3 is 0 Å². The molecular formula is C27H30FN3. The molecule has 160 valence electrons. The number of hydrogen-bond acceptors (Lipinski definition) is 2. The molecule has 0 saturated heterocycles. The molecule has 0 bridgehead atoms. The van der Waals surface area contributed by atoms with E-state index in [1.54, 1.807) is 12.1 Å². The summed E-state index contributed by atoms with van der Waals surface area (Å²) in [7, 11) is 0. The van der Waals surface area contributed by atoms with Crippen molar-refractivity contribution in [3.63, 3.8) is 0 Å². The van der Waals surface area contributed by atoms with E-state index in [1.807, 2.05) is 10.9 Å². The summed E-state index contributed by atoms with van der Waals surface area (Å²) in [6, 6.07) is 21.9. The number of aryl methyl sites for hydroxylation is 1. The Balaban J connectivity index is 1.78. The standard InChI is InChI=1S/C27H30FN3/c1-5-29-18-27(3,4)26(20-8-6-19(2)7-9-20)21-10-15-25-22(16-21)17-30-31(25)24-13-11-23(28)12-14-24/h6-17,26,29H,5,18H2,1-4H3. The molecule has 1 heterocycles. The van der Waals surface area contributed by atoms with Gasteiger partial charge in [-0.15, -0.1) is 0 Å². The molecule has 1 aromatic heterocycles. The van der Waals surface area contributed by atoms with E-state index in [9.17, 15) is 4.39 Å². The van der Waals surface area contributed by atoms with E-state index >= 15 is 0 Å². The van der Waals surface area contributed by atoms with Gasteiger partial charge in [-0.2, -0.15) is 5.10 Å². The molecule has 0 amide bonds. The molecule has 3 aromatic carbocycles. The van der Waals surface area contributed by atoms with Gasteiger partial charge in [-0.25, -0.2) is 9.07 Å². The van der Waals surface area contributed by atoms with Gasteiger partial charge in [0.1, 0.15) is 5.82 Å². The van der Waals surface area contributed by atoms with Gasteiger partial charge in [0.15, 0.2) is 0 Å². The average Bonchev–Trinajstić information content (AvgIpc) is 3.18. The van der Waals surface area contributed by atoms with Gasteiger partial charge in [0.25, 0.3) is 0 Å². The minimum absolute atomic E-state index is 0.0197. The largest absolute Gasteiger partial charge is 0.316 e. The summed E-state index contributed by atoms with van der Waals surface area (Å²) in [5.41, 5.74) is 5.75. The normalized spacial score (nSPS) is 12.9. The Labute approximate surface area is 183 Å². The van der Waals surface area contributed by atoms with E-state index in [1.165, 1.54) is 28.8 Å². The lowest BCUT2D eigenvalue weighted by atomic mass is 9.71. The van der Waals surface area contributed by atoms with Crippen LogP contribution in [0.15, 0.2) is 72.9 Å². The summed E-state index contributed by atoms with van der Waals surface area (Å²) in [6.45, 7) is 10.8. The summed E-state index contributed by atoms with van der Waals surface area (Å²) < 4.78 is 15.2. The number of benzene rings is 3. The van der Waals surface area contributed by atoms with Crippen molar-refractivity contribution < 1.29 is 4.39 Å². The van der Waals surface area contributed by atoms with E-state index in [4.69, 9.17) is 0 Å². The molecule has 1 unspecified atom stereocenters. The summed E-state index contributed by atoms with van der Waals surface area (Å²) in [4.78, 5) is 0. The maximum atomic E-state index is 13.3. The maximum Gasteiger partial charge on any atom is 0.123 e. The van der Waals surface area contributed by atoms with Crippen LogP contribution in [0.2, 0.25) is 0 Å². The van der Waals surface area contributed by atoms with Crippen LogP contribution in [0.4, 0.5) is 4.39 Å². The highest BCUT2D eigenvalue weighted by Gasteiger charge is 2.32. The topological polar surface area (TPSA) is 29.9 Å². The summed E-state index contributed by atoms with van der Waals surface area (Å²) in [5.74, 6) is -0.00270. The number of halogens is 1. The molecule has 0 spiro atoms. The SMILES string of the molecule is CCNCC(C)(C)C(c1ccc(C)cc1)c1ccc2c(cnn2-c2ccc(F)cc2)c1. The Hall–Kier alpha value is -2.98. The van der Waals surface area contributed by atoms with Crippen molar-refractivity contribution in [2.24, 2.45) is 5.41 Å². The van der Waals surface area contributed by atoms with Crippen molar-refractivity contribution in [1.29, 1.82) is 0 Å². The van der Waals surface area contributed by atoms with E-state index in [0.717, 1.165) is 29.7 Å². The summed E-state index contributed by atoms with van der Waals surface area (Å²) in [5, 5.41) is 9.20. The molecule has 3 nitrogen and oxygen atoms in total. The van der Waals surface area contributed by atoms with Crippen molar-refractivity contribution in [2.75, 3.05) is 13.1 Å². The molecule has 0 aliphatic rings. The third-order valence-corrected chi connectivity index (χ3v) is 6.02. The number of aromatic nitrogens is 2. The molecular weight excluding hydrogens is 385 g/mol. The highest BCUT2D eigenvalue weighted by atomic mass is 19.1. The van der Waals surface area contributed by atoms with Gasteiger partial charge in [-0.05, 0) is 66.4 Å². The highest BCUT2D eigenvalue weighted by molar-refractivity contribution is 5.81. The third kappa shape index (κ3) is 4.40. The van der Waals surface area contributed by atoms with Crippen LogP contribution in [0.5, 0.6) is 0 Å². The zero-order chi connectivity index (χ0) is 22.0. The van der Waals surface area contributed by atoms with E-state index in [2.05, 4.69) is 80.6 Å². The zero-order valence-corrected chi connectivity index (χ0v) is 18.7. The fourth-order valence-electron chi connectivity index (χ4n) is 4.42. The van der Waals surface area contributed by atoms with Crippen LogP contribution in [-0.2, 0) is 0 Å². The molecule has 31 heavy (non-hydrogen) atoms. The number of hydrogen-bond donors (Lipinski definition) is 1. The van der Waals surface area contributed by atoms with Gasteiger partial charge in [0, 0.05) is 17.8 Å². The van der Waals surface area contributed by atoms with Crippen molar-refractivity contribution in [1.82, 2.24) is 15.1 Å². The molecule has 4 aromatic rings. The van der Waals surface area contributed by atoms with Crippen LogP contribution in [0.25, 0.3) is 16.6 Å². The van der Waals surface area contributed by atoms with Gasteiger partial charge in [-0.1, -0.05) is 56.7 Å². The second-order valence-electron chi connectivity index (χ2n) is 8.96. The number of rotatable bonds is 7. The van der Waals surface area contributed by atoms with E-state index in [0.29, 0.717) is 0 Å². The molecule has 0 aliphatic carbocycles. The van der Waals surface area contributed by atoms with Gasteiger partial charge in [0.05, 0.1) is 17.4 Å². The average molecular weight is 416 g/mol. The fourth-order valence-corrected chi connectivity index (χ4v) is 4.42. The fraction of sp³-hybridized carbons (Fsp3) is 0.296. The maximum absolute atomic E-state index is 13.3. The summed E-state index contributed by atoms with van der Waals surface area (Å²) >= 11 is 0. The van der Waals surface area contributed by atoms with Crippen LogP contribution in [0.3, 0.4) is 0 Å². The Morgan fingerprint density at radius 1 is 0.968 bits per heavy atom. The third-order valence-electron chi connectivity index (χ3n) is 6.02. The Morgan fingerprint density at radius 3 is 2.32 bits per heavy atom. The Kier molecular flexibility index (Phi) is 5.92. The molecule has 1 atom stereocenters.